The molecular weight excluding hydrogens is 475 g/mol. The van der Waals surface area contributed by atoms with Crippen molar-refractivity contribution in [1.29, 1.82) is 0 Å². The highest BCUT2D eigenvalue weighted by Crippen LogP contribution is 2.27. The molecule has 3 rings (SSSR count). The molecule has 1 unspecified atom stereocenters. The minimum Gasteiger partial charge on any atom is -0.452 e. The van der Waals surface area contributed by atoms with Crippen LogP contribution >= 0.6 is 0 Å². The Hall–Kier alpha value is -3.21. The van der Waals surface area contributed by atoms with Crippen LogP contribution in [-0.4, -0.2) is 60.2 Å². The summed E-state index contributed by atoms with van der Waals surface area (Å²) in [6.07, 6.45) is -1.54. The monoisotopic (exact) mass is 500 g/mol. The van der Waals surface area contributed by atoms with Crippen LogP contribution in [0.15, 0.2) is 30.3 Å². The SMILES string of the molecule is CC(C)(C)OC(=O)N1CCN(CC(OC(=O)c2c(F)c(F)c(F)c(F)c2F)c2ccccc2)CC1. The molecule has 1 atom stereocenters. The molecule has 6 nitrogen and oxygen atoms in total. The van der Waals surface area contributed by atoms with Crippen molar-refractivity contribution in [1.82, 2.24) is 9.80 Å². The van der Waals surface area contributed by atoms with Gasteiger partial charge in [-0.25, -0.2) is 31.5 Å². The standard InChI is InChI=1S/C24H25F5N2O4/c1-24(2,3)35-23(33)31-11-9-30(10-12-31)13-15(14-7-5-4-6-8-14)34-22(32)16-17(25)19(27)21(29)20(28)18(16)26/h4-8,15H,9-13H2,1-3H3. The second-order valence-corrected chi connectivity index (χ2v) is 9.02. The molecular formula is C24H25F5N2O4. The summed E-state index contributed by atoms with van der Waals surface area (Å²) in [5.74, 6) is -13.0. The fourth-order valence-corrected chi connectivity index (χ4v) is 3.52. The van der Waals surface area contributed by atoms with Crippen LogP contribution < -0.4 is 0 Å². The maximum atomic E-state index is 14.1. The molecule has 0 aliphatic carbocycles. The quantitative estimate of drug-likeness (QED) is 0.255. The van der Waals surface area contributed by atoms with Gasteiger partial charge >= 0.3 is 12.1 Å². The van der Waals surface area contributed by atoms with Crippen molar-refractivity contribution in [3.63, 3.8) is 0 Å². The molecule has 190 valence electrons. The average molecular weight is 500 g/mol. The second-order valence-electron chi connectivity index (χ2n) is 9.02. The topological polar surface area (TPSA) is 59.1 Å². The second kappa shape index (κ2) is 10.6. The zero-order chi connectivity index (χ0) is 25.9. The molecule has 11 heteroatoms. The number of esters is 1. The van der Waals surface area contributed by atoms with E-state index in [2.05, 4.69) is 0 Å². The van der Waals surface area contributed by atoms with E-state index in [4.69, 9.17) is 9.47 Å². The number of amides is 1. The highest BCUT2D eigenvalue weighted by Gasteiger charge is 2.33. The molecule has 35 heavy (non-hydrogen) atoms. The van der Waals surface area contributed by atoms with Gasteiger partial charge in [0.25, 0.3) is 0 Å². The molecule has 2 aromatic rings. The first-order valence-corrected chi connectivity index (χ1v) is 10.9. The zero-order valence-corrected chi connectivity index (χ0v) is 19.4. The lowest BCUT2D eigenvalue weighted by Gasteiger charge is -2.36. The van der Waals surface area contributed by atoms with Gasteiger partial charge in [-0.1, -0.05) is 30.3 Å². The van der Waals surface area contributed by atoms with E-state index in [9.17, 15) is 31.5 Å². The normalized spacial score (nSPS) is 15.6. The summed E-state index contributed by atoms with van der Waals surface area (Å²) in [6, 6.07) is 8.21. The Morgan fingerprint density at radius 1 is 0.857 bits per heavy atom. The number of ether oxygens (including phenoxy) is 2. The number of hydrogen-bond acceptors (Lipinski definition) is 5. The maximum absolute atomic E-state index is 14.1. The highest BCUT2D eigenvalue weighted by molar-refractivity contribution is 5.90. The first-order valence-electron chi connectivity index (χ1n) is 10.9. The molecule has 1 amide bonds. The van der Waals surface area contributed by atoms with Gasteiger partial charge in [0, 0.05) is 32.7 Å². The third kappa shape index (κ3) is 6.27. The van der Waals surface area contributed by atoms with E-state index >= 15 is 0 Å². The lowest BCUT2D eigenvalue weighted by molar-refractivity contribution is 0.00167. The minimum absolute atomic E-state index is 0.0628. The average Bonchev–Trinajstić information content (AvgIpc) is 2.81. The van der Waals surface area contributed by atoms with Gasteiger partial charge < -0.3 is 14.4 Å². The van der Waals surface area contributed by atoms with Gasteiger partial charge in [-0.05, 0) is 26.3 Å². The summed E-state index contributed by atoms with van der Waals surface area (Å²) >= 11 is 0. The summed E-state index contributed by atoms with van der Waals surface area (Å²) in [7, 11) is 0. The molecule has 0 spiro atoms. The van der Waals surface area contributed by atoms with E-state index in [0.29, 0.717) is 31.7 Å². The molecule has 1 saturated heterocycles. The third-order valence-electron chi connectivity index (χ3n) is 5.28. The van der Waals surface area contributed by atoms with Crippen molar-refractivity contribution in [3.05, 3.63) is 70.5 Å². The Kier molecular flexibility index (Phi) is 7.99. The number of carbonyl (C=O) groups is 2. The number of benzene rings is 2. The Labute approximate surface area is 199 Å². The van der Waals surface area contributed by atoms with Crippen molar-refractivity contribution in [2.45, 2.75) is 32.5 Å². The number of hydrogen-bond donors (Lipinski definition) is 0. The molecule has 1 heterocycles. The summed E-state index contributed by atoms with van der Waals surface area (Å²) in [6.45, 7) is 6.72. The van der Waals surface area contributed by atoms with E-state index in [1.165, 1.54) is 4.90 Å². The van der Waals surface area contributed by atoms with Crippen LogP contribution in [0.4, 0.5) is 26.7 Å². The van der Waals surface area contributed by atoms with E-state index in [0.717, 1.165) is 0 Å². The summed E-state index contributed by atoms with van der Waals surface area (Å²) in [5, 5.41) is 0. The van der Waals surface area contributed by atoms with E-state index in [1.54, 1.807) is 51.1 Å². The van der Waals surface area contributed by atoms with E-state index in [1.807, 2.05) is 4.90 Å². The predicted molar refractivity (Wildman–Crippen MR) is 115 cm³/mol. The number of nitrogens with zero attached hydrogens (tertiary/aromatic N) is 2. The van der Waals surface area contributed by atoms with Crippen molar-refractivity contribution in [2.75, 3.05) is 32.7 Å². The summed E-state index contributed by atoms with van der Waals surface area (Å²) in [5.41, 5.74) is -1.85. The van der Waals surface area contributed by atoms with Crippen LogP contribution in [0.5, 0.6) is 0 Å². The van der Waals surface area contributed by atoms with Gasteiger partial charge in [0.2, 0.25) is 5.82 Å². The molecule has 0 radical (unpaired) electrons. The summed E-state index contributed by atoms with van der Waals surface area (Å²) < 4.78 is 79.4. The number of halogens is 5. The molecule has 2 aromatic carbocycles. The summed E-state index contributed by atoms with van der Waals surface area (Å²) in [4.78, 5) is 28.2. The lowest BCUT2D eigenvalue weighted by Crippen LogP contribution is -2.50. The Bertz CT molecular complexity index is 1050. The Morgan fingerprint density at radius 3 is 1.89 bits per heavy atom. The van der Waals surface area contributed by atoms with E-state index < -0.39 is 58.4 Å². The molecule has 0 N–H and O–H groups in total. The van der Waals surface area contributed by atoms with E-state index in [-0.39, 0.29) is 6.54 Å². The molecule has 1 fully saturated rings. The molecule has 1 aliphatic rings. The van der Waals surface area contributed by atoms with Crippen LogP contribution in [0.1, 0.15) is 42.8 Å². The van der Waals surface area contributed by atoms with Gasteiger partial charge in [0.15, 0.2) is 23.3 Å². The largest absolute Gasteiger partial charge is 0.452 e. The third-order valence-corrected chi connectivity index (χ3v) is 5.28. The van der Waals surface area contributed by atoms with Crippen LogP contribution in [0.3, 0.4) is 0 Å². The first kappa shape index (κ1) is 26.4. The smallest absolute Gasteiger partial charge is 0.410 e. The fourth-order valence-electron chi connectivity index (χ4n) is 3.52. The van der Waals surface area contributed by atoms with Gasteiger partial charge in [-0.15, -0.1) is 0 Å². The van der Waals surface area contributed by atoms with Gasteiger partial charge in [-0.2, -0.15) is 0 Å². The predicted octanol–water partition coefficient (Wildman–Crippen LogP) is 4.83. The first-order chi connectivity index (χ1) is 16.4. The Morgan fingerprint density at radius 2 is 1.37 bits per heavy atom. The van der Waals surface area contributed by atoms with Crippen LogP contribution in [-0.2, 0) is 9.47 Å². The Balaban J connectivity index is 1.76. The maximum Gasteiger partial charge on any atom is 0.410 e. The van der Waals surface area contributed by atoms with Crippen molar-refractivity contribution >= 4 is 12.1 Å². The number of piperazine rings is 1. The van der Waals surface area contributed by atoms with Crippen molar-refractivity contribution < 1.29 is 41.0 Å². The fraction of sp³-hybridized carbons (Fsp3) is 0.417. The van der Waals surface area contributed by atoms with Crippen molar-refractivity contribution in [2.24, 2.45) is 0 Å². The zero-order valence-electron chi connectivity index (χ0n) is 19.4. The number of rotatable bonds is 5. The molecule has 0 saturated carbocycles. The highest BCUT2D eigenvalue weighted by atomic mass is 19.2. The molecule has 0 bridgehead atoms. The van der Waals surface area contributed by atoms with Crippen molar-refractivity contribution in [3.8, 4) is 0 Å². The van der Waals surface area contributed by atoms with Crippen LogP contribution in [0.25, 0.3) is 0 Å². The van der Waals surface area contributed by atoms with Crippen LogP contribution in [0, 0.1) is 29.1 Å². The lowest BCUT2D eigenvalue weighted by atomic mass is 10.1. The van der Waals surface area contributed by atoms with Crippen LogP contribution in [0.2, 0.25) is 0 Å². The van der Waals surface area contributed by atoms with Gasteiger partial charge in [-0.3, -0.25) is 4.90 Å². The van der Waals surface area contributed by atoms with Gasteiger partial charge in [0.05, 0.1) is 0 Å². The number of carbonyl (C=O) groups excluding carboxylic acids is 2. The molecule has 0 aromatic heterocycles. The molecule has 1 aliphatic heterocycles. The minimum atomic E-state index is -2.36. The van der Waals surface area contributed by atoms with Gasteiger partial charge in [0.1, 0.15) is 17.3 Å².